The summed E-state index contributed by atoms with van der Waals surface area (Å²) in [5.41, 5.74) is 3.27. The van der Waals surface area contributed by atoms with E-state index in [1.807, 2.05) is 6.92 Å². The second-order valence-electron chi connectivity index (χ2n) is 6.67. The molecule has 4 rings (SSSR count). The summed E-state index contributed by atoms with van der Waals surface area (Å²) in [6.07, 6.45) is 4.29. The van der Waals surface area contributed by atoms with E-state index < -0.39 is 5.60 Å². The van der Waals surface area contributed by atoms with Crippen molar-refractivity contribution in [1.29, 1.82) is 0 Å². The highest BCUT2D eigenvalue weighted by Gasteiger charge is 2.48. The zero-order valence-corrected chi connectivity index (χ0v) is 15.5. The average molecular weight is 386 g/mol. The molecule has 2 aromatic rings. The molecule has 9 nitrogen and oxygen atoms in total. The fourth-order valence-corrected chi connectivity index (χ4v) is 3.67. The highest BCUT2D eigenvalue weighted by atomic mass is 32.1. The van der Waals surface area contributed by atoms with Crippen molar-refractivity contribution >= 4 is 28.9 Å². The van der Waals surface area contributed by atoms with E-state index in [-0.39, 0.29) is 18.4 Å². The molecule has 1 saturated heterocycles. The number of carbonyl (C=O) groups is 2. The van der Waals surface area contributed by atoms with Gasteiger partial charge in [-0.15, -0.1) is 11.3 Å². The number of nitrogens with one attached hydrogen (secondary N) is 1. The molecule has 0 aromatic carbocycles. The molecule has 27 heavy (non-hydrogen) atoms. The maximum absolute atomic E-state index is 12.4. The summed E-state index contributed by atoms with van der Waals surface area (Å²) < 4.78 is 0. The second-order valence-corrected chi connectivity index (χ2v) is 7.39. The van der Waals surface area contributed by atoms with E-state index in [1.54, 1.807) is 28.2 Å². The number of amides is 2. The molecular formula is C17H18N6O3S. The van der Waals surface area contributed by atoms with E-state index in [0.29, 0.717) is 43.0 Å². The van der Waals surface area contributed by atoms with Crippen LogP contribution in [0.2, 0.25) is 0 Å². The number of aromatic nitrogens is 3. The predicted molar refractivity (Wildman–Crippen MR) is 97.1 cm³/mol. The molecule has 0 unspecified atom stereocenters. The monoisotopic (exact) mass is 386 g/mol. The van der Waals surface area contributed by atoms with Crippen LogP contribution in [0.1, 0.15) is 34.7 Å². The van der Waals surface area contributed by atoms with Crippen LogP contribution >= 0.6 is 11.3 Å². The van der Waals surface area contributed by atoms with Gasteiger partial charge in [0.1, 0.15) is 11.4 Å². The highest BCUT2D eigenvalue weighted by Crippen LogP contribution is 2.34. The number of hydrogen-bond acceptors (Lipinski definition) is 8. The number of hydrogen-bond donors (Lipinski definition) is 1. The van der Waals surface area contributed by atoms with Crippen LogP contribution in [0, 0.1) is 6.92 Å². The highest BCUT2D eigenvalue weighted by molar-refractivity contribution is 7.07. The molecule has 0 bridgehead atoms. The van der Waals surface area contributed by atoms with Crippen molar-refractivity contribution in [3.63, 3.8) is 0 Å². The summed E-state index contributed by atoms with van der Waals surface area (Å²) in [5, 5.41) is 8.48. The number of aryl methyl sites for hydroxylation is 1. The summed E-state index contributed by atoms with van der Waals surface area (Å²) in [4.78, 5) is 44.5. The maximum atomic E-state index is 12.4. The quantitative estimate of drug-likeness (QED) is 0.837. The van der Waals surface area contributed by atoms with Gasteiger partial charge in [0.2, 0.25) is 0 Å². The Kier molecular flexibility index (Phi) is 4.56. The standard InChI is InChI=1S/C17H18N6O3S/c1-11-5-19-12(6-18-11)7-20-15(24)13-4-17(26-22-13)2-3-23(9-17)16(25)14-8-27-10-21-14/h5-6,8,10H,2-4,7,9H2,1H3,(H,20,24)/t17-/m1/s1. The third-order valence-electron chi connectivity index (χ3n) is 4.62. The molecule has 140 valence electrons. The van der Waals surface area contributed by atoms with Crippen molar-refractivity contribution < 1.29 is 14.4 Å². The van der Waals surface area contributed by atoms with Gasteiger partial charge in [-0.3, -0.25) is 19.6 Å². The fourth-order valence-electron chi connectivity index (χ4n) is 3.14. The molecule has 10 heteroatoms. The molecule has 1 fully saturated rings. The van der Waals surface area contributed by atoms with E-state index in [2.05, 4.69) is 25.4 Å². The van der Waals surface area contributed by atoms with E-state index >= 15 is 0 Å². The lowest BCUT2D eigenvalue weighted by molar-refractivity contribution is -0.115. The van der Waals surface area contributed by atoms with Crippen molar-refractivity contribution in [2.45, 2.75) is 31.9 Å². The first-order chi connectivity index (χ1) is 13.0. The van der Waals surface area contributed by atoms with Crippen molar-refractivity contribution in [1.82, 2.24) is 25.2 Å². The van der Waals surface area contributed by atoms with Crippen LogP contribution < -0.4 is 5.32 Å². The normalized spacial score (nSPS) is 21.2. The molecular weight excluding hydrogens is 368 g/mol. The molecule has 0 saturated carbocycles. The third kappa shape index (κ3) is 3.65. The molecule has 1 atom stereocenters. The molecule has 2 aromatic heterocycles. The van der Waals surface area contributed by atoms with Crippen molar-refractivity contribution in [3.05, 3.63) is 40.4 Å². The molecule has 2 aliphatic heterocycles. The predicted octanol–water partition coefficient (Wildman–Crippen LogP) is 0.919. The van der Waals surface area contributed by atoms with Crippen LogP contribution in [-0.4, -0.2) is 56.1 Å². The number of likely N-dealkylation sites (tertiary alicyclic amines) is 1. The molecule has 2 aliphatic rings. The summed E-state index contributed by atoms with van der Waals surface area (Å²) >= 11 is 1.38. The summed E-state index contributed by atoms with van der Waals surface area (Å²) in [7, 11) is 0. The summed E-state index contributed by atoms with van der Waals surface area (Å²) in [6, 6.07) is 0. The number of rotatable bonds is 4. The number of oxime groups is 1. The van der Waals surface area contributed by atoms with Gasteiger partial charge in [0.05, 0.1) is 36.2 Å². The first-order valence-corrected chi connectivity index (χ1v) is 9.47. The summed E-state index contributed by atoms with van der Waals surface area (Å²) in [6.45, 7) is 3.07. The lowest BCUT2D eigenvalue weighted by Crippen LogP contribution is -2.38. The number of thiazole rings is 1. The molecule has 4 heterocycles. The van der Waals surface area contributed by atoms with Gasteiger partial charge < -0.3 is 15.1 Å². The van der Waals surface area contributed by atoms with Gasteiger partial charge in [-0.05, 0) is 6.92 Å². The lowest BCUT2D eigenvalue weighted by atomic mass is 9.96. The fraction of sp³-hybridized carbons (Fsp3) is 0.412. The van der Waals surface area contributed by atoms with E-state index in [1.165, 1.54) is 11.3 Å². The molecule has 1 N–H and O–H groups in total. The third-order valence-corrected chi connectivity index (χ3v) is 5.21. The Hall–Kier alpha value is -2.88. The molecule has 1 spiro atoms. The van der Waals surface area contributed by atoms with Gasteiger partial charge in [-0.1, -0.05) is 5.16 Å². The van der Waals surface area contributed by atoms with Gasteiger partial charge in [0.15, 0.2) is 5.60 Å². The van der Waals surface area contributed by atoms with Gasteiger partial charge >= 0.3 is 0 Å². The molecule has 2 amide bonds. The maximum Gasteiger partial charge on any atom is 0.273 e. The van der Waals surface area contributed by atoms with Crippen LogP contribution in [-0.2, 0) is 16.2 Å². The van der Waals surface area contributed by atoms with Gasteiger partial charge in [-0.25, -0.2) is 4.98 Å². The SMILES string of the molecule is Cc1cnc(CNC(=O)C2=NO[C@]3(CCN(C(=O)c4cscn4)C3)C2)cn1. The van der Waals surface area contributed by atoms with Crippen LogP contribution in [0.3, 0.4) is 0 Å². The number of nitrogens with zero attached hydrogens (tertiary/aromatic N) is 5. The van der Waals surface area contributed by atoms with Crippen molar-refractivity contribution in [2.24, 2.45) is 5.16 Å². The zero-order chi connectivity index (χ0) is 18.9. The lowest BCUT2D eigenvalue weighted by Gasteiger charge is -2.21. The average Bonchev–Trinajstić information content (AvgIpc) is 3.43. The van der Waals surface area contributed by atoms with E-state index in [9.17, 15) is 9.59 Å². The zero-order valence-electron chi connectivity index (χ0n) is 14.7. The summed E-state index contributed by atoms with van der Waals surface area (Å²) in [5.74, 6) is -0.411. The largest absolute Gasteiger partial charge is 0.386 e. The van der Waals surface area contributed by atoms with Gasteiger partial charge in [-0.2, -0.15) is 0 Å². The van der Waals surface area contributed by atoms with Crippen LogP contribution in [0.5, 0.6) is 0 Å². The Labute approximate surface area is 159 Å². The minimum Gasteiger partial charge on any atom is -0.386 e. The Morgan fingerprint density at radius 3 is 2.96 bits per heavy atom. The van der Waals surface area contributed by atoms with E-state index in [4.69, 9.17) is 4.84 Å². The van der Waals surface area contributed by atoms with Gasteiger partial charge in [0.25, 0.3) is 11.8 Å². The Balaban J connectivity index is 1.32. The Morgan fingerprint density at radius 1 is 1.33 bits per heavy atom. The minimum absolute atomic E-state index is 0.118. The molecule has 0 aliphatic carbocycles. The van der Waals surface area contributed by atoms with Crippen LogP contribution in [0.4, 0.5) is 0 Å². The second kappa shape index (κ2) is 7.03. The van der Waals surface area contributed by atoms with Gasteiger partial charge in [0, 0.05) is 31.0 Å². The Bertz CT molecular complexity index is 883. The topological polar surface area (TPSA) is 110 Å². The van der Waals surface area contributed by atoms with Crippen molar-refractivity contribution in [3.8, 4) is 0 Å². The number of carbonyl (C=O) groups excluding carboxylic acids is 2. The smallest absolute Gasteiger partial charge is 0.273 e. The first-order valence-electron chi connectivity index (χ1n) is 8.53. The van der Waals surface area contributed by atoms with Crippen LogP contribution in [0.15, 0.2) is 28.4 Å². The Morgan fingerprint density at radius 2 is 2.22 bits per heavy atom. The molecule has 0 radical (unpaired) electrons. The minimum atomic E-state index is -0.623. The van der Waals surface area contributed by atoms with Crippen molar-refractivity contribution in [2.75, 3.05) is 13.1 Å². The van der Waals surface area contributed by atoms with Crippen LogP contribution in [0.25, 0.3) is 0 Å². The first kappa shape index (κ1) is 17.5. The van der Waals surface area contributed by atoms with E-state index in [0.717, 1.165) is 5.69 Å².